The van der Waals surface area contributed by atoms with Gasteiger partial charge in [0.05, 0.1) is 12.7 Å². The molecule has 0 spiro atoms. The van der Waals surface area contributed by atoms with Gasteiger partial charge in [-0.3, -0.25) is 4.79 Å². The second-order valence-electron chi connectivity index (χ2n) is 9.05. The Balaban J connectivity index is 1.49. The Morgan fingerprint density at radius 1 is 1.29 bits per heavy atom. The van der Waals surface area contributed by atoms with E-state index in [9.17, 15) is 18.3 Å². The van der Waals surface area contributed by atoms with E-state index in [4.69, 9.17) is 21.1 Å². The molecule has 1 aromatic carbocycles. The van der Waals surface area contributed by atoms with Crippen LogP contribution in [0.4, 0.5) is 5.82 Å². The van der Waals surface area contributed by atoms with Crippen LogP contribution in [0.5, 0.6) is 11.5 Å². The molecule has 1 aliphatic heterocycles. The second-order valence-corrected chi connectivity index (χ2v) is 11.1. The minimum Gasteiger partial charge on any atom is -0.489 e. The lowest BCUT2D eigenvalue weighted by molar-refractivity contribution is -0.128. The Bertz CT molecular complexity index is 1170. The summed E-state index contributed by atoms with van der Waals surface area (Å²) in [4.78, 5) is 19.0. The highest BCUT2D eigenvalue weighted by molar-refractivity contribution is 7.90. The summed E-state index contributed by atoms with van der Waals surface area (Å²) in [5, 5.41) is 9.88. The minimum absolute atomic E-state index is 0.277. The average molecular weight is 510 g/mol. The fraction of sp³-hybridized carbons (Fsp3) is 0.478. The van der Waals surface area contributed by atoms with Gasteiger partial charge in [0, 0.05) is 37.0 Å². The molecule has 1 atom stereocenters. The molecule has 1 amide bonds. The maximum absolute atomic E-state index is 13.0. The largest absolute Gasteiger partial charge is 0.489 e. The lowest BCUT2D eigenvalue weighted by Gasteiger charge is -2.21. The number of nitrogens with zero attached hydrogens (tertiary/aromatic N) is 2. The summed E-state index contributed by atoms with van der Waals surface area (Å²) in [6.07, 6.45) is 0.809. The van der Waals surface area contributed by atoms with E-state index in [1.54, 1.807) is 35.2 Å². The number of pyridine rings is 1. The normalized spacial score (nSPS) is 19.2. The number of nitrogens with one attached hydrogen (secondary N) is 1. The topological polar surface area (TPSA) is 118 Å². The number of aliphatic hydroxyl groups excluding tert-OH is 1. The third-order valence-electron chi connectivity index (χ3n) is 5.60. The fourth-order valence-corrected chi connectivity index (χ4v) is 4.75. The highest BCUT2D eigenvalue weighted by Gasteiger charge is 2.54. The molecular formula is C23H28ClN3O6S. The van der Waals surface area contributed by atoms with Crippen LogP contribution in [-0.4, -0.2) is 55.8 Å². The number of hydrogen-bond donors (Lipinski definition) is 2. The number of β-amino-alcohol motifs (C(OH)–C–C–N with tert-alkyl or cyclic N) is 1. The number of aliphatic hydroxyl groups is 1. The minimum atomic E-state index is -4.24. The summed E-state index contributed by atoms with van der Waals surface area (Å²) in [5.41, 5.74) is -1.33. The second kappa shape index (κ2) is 9.59. The molecular weight excluding hydrogens is 482 g/mol. The van der Waals surface area contributed by atoms with Crippen LogP contribution in [0.25, 0.3) is 0 Å². The number of sulfonamides is 1. The summed E-state index contributed by atoms with van der Waals surface area (Å²) in [7, 11) is -4.24. The average Bonchev–Trinajstić information content (AvgIpc) is 3.44. The summed E-state index contributed by atoms with van der Waals surface area (Å²) < 4.78 is 39.7. The lowest BCUT2D eigenvalue weighted by Crippen LogP contribution is -2.43. The number of ether oxygens (including phenoxy) is 2. The Morgan fingerprint density at radius 2 is 2.06 bits per heavy atom. The van der Waals surface area contributed by atoms with Crippen LogP contribution in [0.1, 0.15) is 33.1 Å². The van der Waals surface area contributed by atoms with Gasteiger partial charge in [-0.15, -0.1) is 0 Å². The third kappa shape index (κ3) is 5.56. The Labute approximate surface area is 204 Å². The van der Waals surface area contributed by atoms with Crippen molar-refractivity contribution in [2.45, 2.75) is 49.8 Å². The van der Waals surface area contributed by atoms with Crippen molar-refractivity contribution < 1.29 is 27.8 Å². The maximum atomic E-state index is 13.0. The molecule has 184 valence electrons. The number of amides is 1. The Morgan fingerprint density at radius 3 is 2.71 bits per heavy atom. The van der Waals surface area contributed by atoms with Gasteiger partial charge in [0.1, 0.15) is 5.82 Å². The quantitative estimate of drug-likeness (QED) is 0.529. The third-order valence-corrected chi connectivity index (χ3v) is 7.07. The number of carbonyl (C=O) groups is 1. The Kier molecular flexibility index (Phi) is 6.93. The van der Waals surface area contributed by atoms with E-state index < -0.39 is 27.6 Å². The molecule has 0 radical (unpaired) electrons. The number of anilines is 1. The van der Waals surface area contributed by atoms with Gasteiger partial charge in [-0.25, -0.2) is 9.71 Å². The van der Waals surface area contributed by atoms with Gasteiger partial charge in [-0.2, -0.15) is 8.42 Å². The van der Waals surface area contributed by atoms with Crippen molar-refractivity contribution >= 4 is 33.3 Å². The number of hydrogen-bond acceptors (Lipinski definition) is 8. The smallest absolute Gasteiger partial charge is 0.281 e. The molecule has 34 heavy (non-hydrogen) atoms. The SMILES string of the molecule is CC(C)COc1ccc(Cl)cc1OC1(C(=O)NS(=O)(=O)c2cccc(N3CC[C@H](O)C3)n2)CC1. The maximum Gasteiger partial charge on any atom is 0.281 e. The van der Waals surface area contributed by atoms with Crippen LogP contribution >= 0.6 is 11.6 Å². The summed E-state index contributed by atoms with van der Waals surface area (Å²) >= 11 is 6.11. The fourth-order valence-electron chi connectivity index (χ4n) is 3.58. The van der Waals surface area contributed by atoms with Gasteiger partial charge < -0.3 is 19.5 Å². The van der Waals surface area contributed by atoms with Gasteiger partial charge in [0.25, 0.3) is 15.9 Å². The van der Waals surface area contributed by atoms with Crippen molar-refractivity contribution in [1.82, 2.24) is 9.71 Å². The molecule has 4 rings (SSSR count). The lowest BCUT2D eigenvalue weighted by atomic mass is 10.2. The monoisotopic (exact) mass is 509 g/mol. The standard InChI is InChI=1S/C23H28ClN3O6S/c1-15(2)14-32-18-7-6-16(24)12-19(18)33-23(9-10-23)22(29)26-34(30,31)21-5-3-4-20(25-21)27-11-8-17(28)13-27/h3-7,12,15,17,28H,8-11,13-14H2,1-2H3,(H,26,29)/t17-/m0/s1. The summed E-state index contributed by atoms with van der Waals surface area (Å²) in [6.45, 7) is 5.40. The van der Waals surface area contributed by atoms with Gasteiger partial charge in [-0.1, -0.05) is 31.5 Å². The van der Waals surface area contributed by atoms with Crippen LogP contribution in [-0.2, 0) is 14.8 Å². The van der Waals surface area contributed by atoms with Crippen molar-refractivity contribution in [3.8, 4) is 11.5 Å². The molecule has 11 heteroatoms. The van der Waals surface area contributed by atoms with Gasteiger partial charge >= 0.3 is 0 Å². The first-order chi connectivity index (χ1) is 16.1. The van der Waals surface area contributed by atoms with Gasteiger partial charge in [0.15, 0.2) is 22.1 Å². The zero-order valence-corrected chi connectivity index (χ0v) is 20.6. The van der Waals surface area contributed by atoms with Gasteiger partial charge in [0.2, 0.25) is 0 Å². The molecule has 1 aromatic heterocycles. The van der Waals surface area contributed by atoms with E-state index in [1.165, 1.54) is 6.07 Å². The first kappa shape index (κ1) is 24.6. The predicted octanol–water partition coefficient (Wildman–Crippen LogP) is 2.76. The van der Waals surface area contributed by atoms with Crippen LogP contribution in [0, 0.1) is 5.92 Å². The molecule has 2 fully saturated rings. The number of carbonyl (C=O) groups excluding carboxylic acids is 1. The zero-order chi connectivity index (χ0) is 24.5. The molecule has 1 saturated carbocycles. The Hall–Kier alpha value is -2.56. The molecule has 0 unspecified atom stereocenters. The van der Waals surface area contributed by atoms with Crippen LogP contribution in [0.2, 0.25) is 5.02 Å². The molecule has 9 nitrogen and oxygen atoms in total. The van der Waals surface area contributed by atoms with E-state index in [1.807, 2.05) is 13.8 Å². The summed E-state index contributed by atoms with van der Waals surface area (Å²) in [5.74, 6) is 0.647. The van der Waals surface area contributed by atoms with Crippen LogP contribution in [0.3, 0.4) is 0 Å². The molecule has 0 bridgehead atoms. The van der Waals surface area contributed by atoms with E-state index >= 15 is 0 Å². The van der Waals surface area contributed by atoms with Crippen LogP contribution in [0.15, 0.2) is 41.4 Å². The number of benzene rings is 1. The predicted molar refractivity (Wildman–Crippen MR) is 127 cm³/mol. The van der Waals surface area contributed by atoms with Crippen molar-refractivity contribution in [2.75, 3.05) is 24.6 Å². The van der Waals surface area contributed by atoms with E-state index in [0.29, 0.717) is 55.5 Å². The van der Waals surface area contributed by atoms with Crippen molar-refractivity contribution in [2.24, 2.45) is 5.92 Å². The highest BCUT2D eigenvalue weighted by atomic mass is 35.5. The molecule has 1 saturated heterocycles. The molecule has 2 heterocycles. The number of halogens is 1. The zero-order valence-electron chi connectivity index (χ0n) is 19.0. The van der Waals surface area contributed by atoms with Crippen molar-refractivity contribution in [3.63, 3.8) is 0 Å². The molecule has 2 N–H and O–H groups in total. The van der Waals surface area contributed by atoms with E-state index in [0.717, 1.165) is 0 Å². The van der Waals surface area contributed by atoms with Crippen molar-refractivity contribution in [1.29, 1.82) is 0 Å². The number of rotatable bonds is 9. The number of aromatic nitrogens is 1. The molecule has 2 aliphatic rings. The van der Waals surface area contributed by atoms with E-state index in [-0.39, 0.29) is 16.7 Å². The van der Waals surface area contributed by atoms with Crippen molar-refractivity contribution in [3.05, 3.63) is 41.4 Å². The van der Waals surface area contributed by atoms with E-state index in [2.05, 4.69) is 9.71 Å². The first-order valence-electron chi connectivity index (χ1n) is 11.2. The van der Waals surface area contributed by atoms with Crippen LogP contribution < -0.4 is 19.1 Å². The summed E-state index contributed by atoms with van der Waals surface area (Å²) in [6, 6.07) is 9.42. The highest BCUT2D eigenvalue weighted by Crippen LogP contribution is 2.44. The first-order valence-corrected chi connectivity index (χ1v) is 13.0. The van der Waals surface area contributed by atoms with Gasteiger partial charge in [-0.05, 0) is 36.6 Å². The molecule has 1 aliphatic carbocycles. The molecule has 2 aromatic rings.